The van der Waals surface area contributed by atoms with Crippen molar-refractivity contribution in [3.05, 3.63) is 24.5 Å². The van der Waals surface area contributed by atoms with Crippen LogP contribution < -0.4 is 11.1 Å². The molecule has 3 rings (SSSR count). The predicted octanol–water partition coefficient (Wildman–Crippen LogP) is 2.32. The van der Waals surface area contributed by atoms with E-state index >= 15 is 0 Å². The summed E-state index contributed by atoms with van der Waals surface area (Å²) in [5.74, 6) is 0.758. The summed E-state index contributed by atoms with van der Waals surface area (Å²) < 4.78 is 0. The topological polar surface area (TPSA) is 84.1 Å². The normalized spacial score (nSPS) is 18.1. The van der Waals surface area contributed by atoms with Crippen molar-refractivity contribution in [3.8, 4) is 0 Å². The highest BCUT2D eigenvalue weighted by Crippen LogP contribution is 2.29. The number of nitrogen functional groups attached to an aromatic ring is 1. The van der Waals surface area contributed by atoms with Crippen molar-refractivity contribution in [1.82, 2.24) is 9.97 Å². The molecule has 1 aliphatic carbocycles. The molecule has 20 heavy (non-hydrogen) atoms. The molecule has 106 valence electrons. The van der Waals surface area contributed by atoms with Gasteiger partial charge in [-0.2, -0.15) is 0 Å². The van der Waals surface area contributed by atoms with E-state index in [1.54, 1.807) is 0 Å². The van der Waals surface area contributed by atoms with Crippen molar-refractivity contribution in [2.24, 2.45) is 0 Å². The lowest BCUT2D eigenvalue weighted by molar-refractivity contribution is 0.0167. The van der Waals surface area contributed by atoms with Gasteiger partial charge in [0.1, 0.15) is 12.1 Å². The van der Waals surface area contributed by atoms with Gasteiger partial charge in [0.2, 0.25) is 0 Å². The van der Waals surface area contributed by atoms with Crippen LogP contribution in [0.4, 0.5) is 11.5 Å². The average Bonchev–Trinajstić information content (AvgIpc) is 2.45. The largest absolute Gasteiger partial charge is 0.399 e. The molecule has 0 unspecified atom stereocenters. The third-order valence-electron chi connectivity index (χ3n) is 4.03. The number of aliphatic hydroxyl groups is 1. The molecule has 0 amide bonds. The molecule has 1 saturated carbocycles. The Morgan fingerprint density at radius 2 is 2.00 bits per heavy atom. The van der Waals surface area contributed by atoms with Gasteiger partial charge >= 0.3 is 0 Å². The standard InChI is InChI=1S/C15H20N4O/c16-11-4-5-12-13(8-11)18-10-19-14(12)17-9-15(20)6-2-1-3-7-15/h4-5,8,10,20H,1-3,6-7,9,16H2,(H,17,18,19). The van der Waals surface area contributed by atoms with Gasteiger partial charge in [-0.1, -0.05) is 19.3 Å². The fourth-order valence-electron chi connectivity index (χ4n) is 2.85. The Kier molecular flexibility index (Phi) is 3.44. The Balaban J connectivity index is 1.80. The van der Waals surface area contributed by atoms with Gasteiger partial charge in [-0.25, -0.2) is 9.97 Å². The van der Waals surface area contributed by atoms with E-state index in [2.05, 4.69) is 15.3 Å². The Bertz CT molecular complexity index is 608. The third-order valence-corrected chi connectivity index (χ3v) is 4.03. The maximum absolute atomic E-state index is 10.5. The number of benzene rings is 1. The molecule has 0 atom stereocenters. The highest BCUT2D eigenvalue weighted by molar-refractivity contribution is 5.90. The molecule has 0 saturated heterocycles. The van der Waals surface area contributed by atoms with Crippen molar-refractivity contribution in [2.45, 2.75) is 37.7 Å². The quantitative estimate of drug-likeness (QED) is 0.747. The van der Waals surface area contributed by atoms with Crippen molar-refractivity contribution in [1.29, 1.82) is 0 Å². The zero-order valence-electron chi connectivity index (χ0n) is 11.5. The van der Waals surface area contributed by atoms with E-state index in [1.165, 1.54) is 12.7 Å². The van der Waals surface area contributed by atoms with Gasteiger partial charge in [0.25, 0.3) is 0 Å². The molecule has 0 spiro atoms. The summed E-state index contributed by atoms with van der Waals surface area (Å²) in [6.45, 7) is 0.531. The molecule has 1 aliphatic rings. The van der Waals surface area contributed by atoms with Crippen LogP contribution in [0.1, 0.15) is 32.1 Å². The first kappa shape index (κ1) is 13.1. The summed E-state index contributed by atoms with van der Waals surface area (Å²) in [6.07, 6.45) is 6.65. The third kappa shape index (κ3) is 2.67. The summed E-state index contributed by atoms with van der Waals surface area (Å²) >= 11 is 0. The van der Waals surface area contributed by atoms with Crippen molar-refractivity contribution in [2.75, 3.05) is 17.6 Å². The lowest BCUT2D eigenvalue weighted by atomic mass is 9.85. The zero-order chi connectivity index (χ0) is 14.0. The van der Waals surface area contributed by atoms with E-state index in [0.717, 1.165) is 42.4 Å². The predicted molar refractivity (Wildman–Crippen MR) is 80.5 cm³/mol. The van der Waals surface area contributed by atoms with Crippen LogP contribution in [0.25, 0.3) is 10.9 Å². The van der Waals surface area contributed by atoms with Crippen molar-refractivity contribution < 1.29 is 5.11 Å². The lowest BCUT2D eigenvalue weighted by Crippen LogP contribution is -2.39. The van der Waals surface area contributed by atoms with E-state index in [4.69, 9.17) is 5.73 Å². The number of hydrogen-bond donors (Lipinski definition) is 3. The lowest BCUT2D eigenvalue weighted by Gasteiger charge is -2.32. The number of nitrogens with two attached hydrogens (primary N) is 1. The number of anilines is 2. The molecule has 0 aliphatic heterocycles. The van der Waals surface area contributed by atoms with Gasteiger partial charge in [0.15, 0.2) is 0 Å². The molecule has 4 N–H and O–H groups in total. The van der Waals surface area contributed by atoms with Crippen LogP contribution in [0.5, 0.6) is 0 Å². The SMILES string of the molecule is Nc1ccc2c(NCC3(O)CCCCC3)ncnc2c1. The second-order valence-electron chi connectivity index (χ2n) is 5.64. The maximum atomic E-state index is 10.5. The van der Waals surface area contributed by atoms with Crippen LogP contribution in [0.15, 0.2) is 24.5 Å². The summed E-state index contributed by atoms with van der Waals surface area (Å²) in [7, 11) is 0. The number of hydrogen-bond acceptors (Lipinski definition) is 5. The van der Waals surface area contributed by atoms with Crippen LogP contribution in [0.3, 0.4) is 0 Å². The van der Waals surface area contributed by atoms with Gasteiger partial charge in [-0.15, -0.1) is 0 Å². The fraction of sp³-hybridized carbons (Fsp3) is 0.467. The average molecular weight is 272 g/mol. The smallest absolute Gasteiger partial charge is 0.137 e. The van der Waals surface area contributed by atoms with E-state index in [1.807, 2.05) is 18.2 Å². The van der Waals surface area contributed by atoms with Gasteiger partial charge in [0.05, 0.1) is 11.1 Å². The minimum Gasteiger partial charge on any atom is -0.399 e. The van der Waals surface area contributed by atoms with Crippen LogP contribution >= 0.6 is 0 Å². The van der Waals surface area contributed by atoms with Crippen molar-refractivity contribution >= 4 is 22.4 Å². The Labute approximate surface area is 118 Å². The summed E-state index contributed by atoms with van der Waals surface area (Å²) in [5, 5.41) is 14.7. The summed E-state index contributed by atoms with van der Waals surface area (Å²) in [5.41, 5.74) is 6.66. The fourth-order valence-corrected chi connectivity index (χ4v) is 2.85. The molecule has 1 fully saturated rings. The molecule has 1 aromatic heterocycles. The van der Waals surface area contributed by atoms with E-state index in [9.17, 15) is 5.11 Å². The Hall–Kier alpha value is -1.88. The number of nitrogens with one attached hydrogen (secondary N) is 1. The molecular formula is C15H20N4O. The summed E-state index contributed by atoms with van der Waals surface area (Å²) in [6, 6.07) is 5.58. The molecule has 1 aromatic carbocycles. The number of fused-ring (bicyclic) bond motifs is 1. The van der Waals surface area contributed by atoms with E-state index in [0.29, 0.717) is 12.2 Å². The molecule has 0 radical (unpaired) electrons. The summed E-state index contributed by atoms with van der Waals surface area (Å²) in [4.78, 5) is 8.50. The first-order chi connectivity index (χ1) is 9.66. The number of rotatable bonds is 3. The highest BCUT2D eigenvalue weighted by Gasteiger charge is 2.29. The zero-order valence-corrected chi connectivity index (χ0v) is 11.5. The highest BCUT2D eigenvalue weighted by atomic mass is 16.3. The molecule has 2 aromatic rings. The Morgan fingerprint density at radius 1 is 1.20 bits per heavy atom. The number of aromatic nitrogens is 2. The van der Waals surface area contributed by atoms with Gasteiger partial charge in [0, 0.05) is 17.6 Å². The minimum absolute atomic E-state index is 0.531. The van der Waals surface area contributed by atoms with Gasteiger partial charge < -0.3 is 16.2 Å². The van der Waals surface area contributed by atoms with Crippen LogP contribution in [0, 0.1) is 0 Å². The second kappa shape index (κ2) is 5.25. The molecular weight excluding hydrogens is 252 g/mol. The molecule has 1 heterocycles. The first-order valence-corrected chi connectivity index (χ1v) is 7.13. The second-order valence-corrected chi connectivity index (χ2v) is 5.64. The van der Waals surface area contributed by atoms with E-state index in [-0.39, 0.29) is 0 Å². The first-order valence-electron chi connectivity index (χ1n) is 7.13. The molecule has 0 bridgehead atoms. The van der Waals surface area contributed by atoms with Crippen LogP contribution in [-0.2, 0) is 0 Å². The van der Waals surface area contributed by atoms with E-state index < -0.39 is 5.60 Å². The maximum Gasteiger partial charge on any atom is 0.137 e. The van der Waals surface area contributed by atoms with Gasteiger partial charge in [-0.05, 0) is 31.0 Å². The monoisotopic (exact) mass is 272 g/mol. The minimum atomic E-state index is -0.608. The van der Waals surface area contributed by atoms with Gasteiger partial charge in [-0.3, -0.25) is 0 Å². The Morgan fingerprint density at radius 3 is 2.80 bits per heavy atom. The molecule has 5 nitrogen and oxygen atoms in total. The van der Waals surface area contributed by atoms with Crippen LogP contribution in [0.2, 0.25) is 0 Å². The van der Waals surface area contributed by atoms with Crippen molar-refractivity contribution in [3.63, 3.8) is 0 Å². The molecule has 5 heteroatoms. The van der Waals surface area contributed by atoms with Crippen LogP contribution in [-0.4, -0.2) is 27.2 Å². The number of nitrogens with zero attached hydrogens (tertiary/aromatic N) is 2.